The summed E-state index contributed by atoms with van der Waals surface area (Å²) in [4.78, 5) is 17.0. The Morgan fingerprint density at radius 3 is 1.83 bits per heavy atom. The van der Waals surface area contributed by atoms with E-state index >= 15 is 0 Å². The third-order valence-electron chi connectivity index (χ3n) is 6.24. The highest BCUT2D eigenvalue weighted by Crippen LogP contribution is 2.29. The average Bonchev–Trinajstić information content (AvgIpc) is 3.73. The van der Waals surface area contributed by atoms with E-state index in [1.54, 1.807) is 30.6 Å². The molecule has 11 heteroatoms. The maximum absolute atomic E-state index is 6.22. The van der Waals surface area contributed by atoms with E-state index in [4.69, 9.17) is 43.8 Å². The molecule has 46 heavy (non-hydrogen) atoms. The molecule has 0 aliphatic carbocycles. The van der Waals surface area contributed by atoms with Crippen molar-refractivity contribution in [3.63, 3.8) is 0 Å². The second kappa shape index (κ2) is 16.4. The molecule has 0 saturated carbocycles. The first-order valence-electron chi connectivity index (χ1n) is 14.1. The van der Waals surface area contributed by atoms with Gasteiger partial charge in [0, 0.05) is 54.2 Å². The van der Waals surface area contributed by atoms with Crippen LogP contribution in [0.2, 0.25) is 15.1 Å². The maximum Gasteiger partial charge on any atom is 0.227 e. The Morgan fingerprint density at radius 1 is 0.652 bits per heavy atom. The topological polar surface area (TPSA) is 104 Å². The van der Waals surface area contributed by atoms with E-state index in [0.717, 1.165) is 22.5 Å². The number of hydrogen-bond donors (Lipinski definition) is 0. The lowest BCUT2D eigenvalue weighted by molar-refractivity contribution is 0.380. The van der Waals surface area contributed by atoms with Gasteiger partial charge in [-0.05, 0) is 72.9 Å². The maximum atomic E-state index is 6.22. The molecule has 0 fully saturated rings. The standard InChI is InChI=1S/C18H14ClN3O.C17H11Cl2N3O/c1-13-7-6-10-15(19)17(13)18-21-16(23-22-18)11-3-2-8-14-9-4-5-12-20-14;18-12-8-9-14(15(19)11-12)17-21-16(23-22-17)7-2-1-5-13-6-3-4-10-20-13/h4-7,9-10,12H,3,11H2,1H3;3-4,6,8-11H,2,7H2. The quantitative estimate of drug-likeness (QED) is 0.163. The lowest BCUT2D eigenvalue weighted by atomic mass is 10.1. The lowest BCUT2D eigenvalue weighted by Crippen LogP contribution is -1.88. The van der Waals surface area contributed by atoms with E-state index in [2.05, 4.69) is 53.9 Å². The molecule has 4 heterocycles. The van der Waals surface area contributed by atoms with Crippen molar-refractivity contribution in [2.75, 3.05) is 0 Å². The summed E-state index contributed by atoms with van der Waals surface area (Å²) in [6, 6.07) is 22.1. The first kappa shape index (κ1) is 32.4. The van der Waals surface area contributed by atoms with Crippen molar-refractivity contribution in [3.8, 4) is 46.5 Å². The van der Waals surface area contributed by atoms with Gasteiger partial charge in [-0.2, -0.15) is 9.97 Å². The molecule has 0 spiro atoms. The second-order valence-electron chi connectivity index (χ2n) is 9.61. The van der Waals surface area contributed by atoms with Gasteiger partial charge in [0.2, 0.25) is 23.4 Å². The molecule has 8 nitrogen and oxygen atoms in total. The first-order valence-corrected chi connectivity index (χ1v) is 15.3. The summed E-state index contributed by atoms with van der Waals surface area (Å²) in [6.07, 6.45) is 5.82. The summed E-state index contributed by atoms with van der Waals surface area (Å²) in [7, 11) is 0. The van der Waals surface area contributed by atoms with Gasteiger partial charge in [0.15, 0.2) is 0 Å². The van der Waals surface area contributed by atoms with Crippen molar-refractivity contribution < 1.29 is 9.05 Å². The molecule has 6 rings (SSSR count). The van der Waals surface area contributed by atoms with E-state index in [-0.39, 0.29) is 0 Å². The van der Waals surface area contributed by atoms with Crippen LogP contribution in [-0.4, -0.2) is 30.2 Å². The monoisotopic (exact) mass is 666 g/mol. The van der Waals surface area contributed by atoms with Gasteiger partial charge in [0.05, 0.1) is 10.0 Å². The molecule has 0 aliphatic heterocycles. The molecule has 0 bridgehead atoms. The summed E-state index contributed by atoms with van der Waals surface area (Å²) < 4.78 is 10.5. The van der Waals surface area contributed by atoms with Crippen molar-refractivity contribution >= 4 is 34.8 Å². The fourth-order valence-electron chi connectivity index (χ4n) is 4.03. The van der Waals surface area contributed by atoms with Crippen LogP contribution < -0.4 is 0 Å². The highest BCUT2D eigenvalue weighted by molar-refractivity contribution is 6.36. The van der Waals surface area contributed by atoms with Gasteiger partial charge in [0.1, 0.15) is 11.4 Å². The van der Waals surface area contributed by atoms with Crippen molar-refractivity contribution in [1.82, 2.24) is 30.2 Å². The number of hydrogen-bond acceptors (Lipinski definition) is 8. The molecule has 6 aromatic rings. The van der Waals surface area contributed by atoms with Crippen LogP contribution in [0.5, 0.6) is 0 Å². The zero-order valence-electron chi connectivity index (χ0n) is 24.5. The van der Waals surface area contributed by atoms with Crippen LogP contribution in [0.4, 0.5) is 0 Å². The molecular formula is C35H25Cl3N6O2. The predicted octanol–water partition coefficient (Wildman–Crippen LogP) is 8.50. The van der Waals surface area contributed by atoms with Crippen molar-refractivity contribution in [2.24, 2.45) is 0 Å². The van der Waals surface area contributed by atoms with Gasteiger partial charge < -0.3 is 9.05 Å². The van der Waals surface area contributed by atoms with Gasteiger partial charge in [0.25, 0.3) is 0 Å². The van der Waals surface area contributed by atoms with Crippen molar-refractivity contribution in [2.45, 2.75) is 32.6 Å². The SMILES string of the molecule is Cc1cccc(Cl)c1-c1noc(CCC#Cc2ccccn2)n1.Clc1ccc(-c2noc(CCC#Cc3ccccn3)n2)c(Cl)c1. The fourth-order valence-corrected chi connectivity index (χ4v) is 4.83. The molecule has 0 N–H and O–H groups in total. The first-order chi connectivity index (χ1) is 22.5. The van der Waals surface area contributed by atoms with E-state index in [9.17, 15) is 0 Å². The van der Waals surface area contributed by atoms with Crippen LogP contribution in [-0.2, 0) is 12.8 Å². The Kier molecular flexibility index (Phi) is 11.5. The lowest BCUT2D eigenvalue weighted by Gasteiger charge is -2.02. The minimum Gasteiger partial charge on any atom is -0.339 e. The molecule has 228 valence electrons. The molecule has 0 unspecified atom stereocenters. The molecular weight excluding hydrogens is 643 g/mol. The summed E-state index contributed by atoms with van der Waals surface area (Å²) in [5.74, 6) is 14.1. The van der Waals surface area contributed by atoms with Crippen LogP contribution in [0.1, 0.15) is 41.6 Å². The van der Waals surface area contributed by atoms with Gasteiger partial charge in [-0.25, -0.2) is 9.97 Å². The molecule has 0 amide bonds. The number of aryl methyl sites for hydroxylation is 3. The number of aromatic nitrogens is 6. The summed E-state index contributed by atoms with van der Waals surface area (Å²) >= 11 is 18.2. The average molecular weight is 668 g/mol. The predicted molar refractivity (Wildman–Crippen MR) is 178 cm³/mol. The molecule has 2 aromatic carbocycles. The van der Waals surface area contributed by atoms with E-state index in [1.165, 1.54) is 0 Å². The summed E-state index contributed by atoms with van der Waals surface area (Å²) in [5, 5.41) is 9.62. The largest absolute Gasteiger partial charge is 0.339 e. The Labute approximate surface area is 281 Å². The normalized spacial score (nSPS) is 10.2. The van der Waals surface area contributed by atoms with Crippen LogP contribution in [0, 0.1) is 30.6 Å². The van der Waals surface area contributed by atoms with E-state index in [1.807, 2.05) is 61.5 Å². The molecule has 0 aliphatic rings. The minimum atomic E-state index is 0.444. The highest BCUT2D eigenvalue weighted by Gasteiger charge is 2.14. The summed E-state index contributed by atoms with van der Waals surface area (Å²) in [5.41, 5.74) is 4.01. The van der Waals surface area contributed by atoms with Gasteiger partial charge in [-0.15, -0.1) is 0 Å². The number of nitrogens with zero attached hydrogens (tertiary/aromatic N) is 6. The van der Waals surface area contributed by atoms with Crippen LogP contribution in [0.15, 0.2) is 94.2 Å². The zero-order chi connectivity index (χ0) is 32.1. The number of pyridine rings is 2. The van der Waals surface area contributed by atoms with Crippen LogP contribution in [0.3, 0.4) is 0 Å². The van der Waals surface area contributed by atoms with Crippen molar-refractivity contribution in [3.05, 3.63) is 129 Å². The molecule has 0 atom stereocenters. The minimum absolute atomic E-state index is 0.444. The van der Waals surface area contributed by atoms with Gasteiger partial charge in [-0.3, -0.25) is 0 Å². The van der Waals surface area contributed by atoms with Crippen molar-refractivity contribution in [1.29, 1.82) is 0 Å². The van der Waals surface area contributed by atoms with Gasteiger partial charge >= 0.3 is 0 Å². The zero-order valence-corrected chi connectivity index (χ0v) is 26.8. The number of benzene rings is 2. The number of rotatable bonds is 6. The highest BCUT2D eigenvalue weighted by atomic mass is 35.5. The Bertz CT molecular complexity index is 2000. The Hall–Kier alpha value is -4.99. The Balaban J connectivity index is 0.000000181. The fraction of sp³-hybridized carbons (Fsp3) is 0.143. The molecule has 4 aromatic heterocycles. The van der Waals surface area contributed by atoms with Crippen LogP contribution in [0.25, 0.3) is 22.8 Å². The van der Waals surface area contributed by atoms with Crippen LogP contribution >= 0.6 is 34.8 Å². The summed E-state index contributed by atoms with van der Waals surface area (Å²) in [6.45, 7) is 1.97. The van der Waals surface area contributed by atoms with E-state index in [0.29, 0.717) is 69.7 Å². The molecule has 0 saturated heterocycles. The second-order valence-corrected chi connectivity index (χ2v) is 10.9. The molecule has 0 radical (unpaired) electrons. The Morgan fingerprint density at radius 2 is 1.26 bits per heavy atom. The van der Waals surface area contributed by atoms with Gasteiger partial charge in [-0.1, -0.05) is 81.2 Å². The smallest absolute Gasteiger partial charge is 0.227 e. The third kappa shape index (κ3) is 9.26. The van der Waals surface area contributed by atoms with E-state index < -0.39 is 0 Å². The third-order valence-corrected chi connectivity index (χ3v) is 7.11. The number of halogens is 3.